The van der Waals surface area contributed by atoms with Crippen LogP contribution in [0.3, 0.4) is 0 Å². The summed E-state index contributed by atoms with van der Waals surface area (Å²) in [4.78, 5) is 22.3. The molecule has 0 radical (unpaired) electrons. The lowest BCUT2D eigenvalue weighted by Gasteiger charge is -2.09. The van der Waals surface area contributed by atoms with Crippen LogP contribution in [0.4, 0.5) is 0 Å². The first-order valence-corrected chi connectivity index (χ1v) is 6.02. The molecule has 1 aromatic carbocycles. The number of hydrogen-bond donors (Lipinski definition) is 0. The summed E-state index contributed by atoms with van der Waals surface area (Å²) in [5.74, 6) is -0.300. The third-order valence-electron chi connectivity index (χ3n) is 2.12. The van der Waals surface area contributed by atoms with Gasteiger partial charge in [0.15, 0.2) is 5.56 Å². The fourth-order valence-electron chi connectivity index (χ4n) is 1.44. The van der Waals surface area contributed by atoms with Gasteiger partial charge in [0.05, 0.1) is 0 Å². The van der Waals surface area contributed by atoms with Gasteiger partial charge in [0, 0.05) is 13.3 Å². The monoisotopic (exact) mass is 270 g/mol. The lowest BCUT2D eigenvalue weighted by molar-refractivity contribution is -0.144. The molecule has 4 nitrogen and oxygen atoms in total. The topological polar surface area (TPSA) is 52.6 Å². The summed E-state index contributed by atoms with van der Waals surface area (Å²) in [6.45, 7) is 2.91. The van der Waals surface area contributed by atoms with E-state index in [9.17, 15) is 9.59 Å². The molecule has 1 rings (SSSR count). The van der Waals surface area contributed by atoms with Crippen LogP contribution < -0.4 is 4.74 Å². The van der Waals surface area contributed by atoms with E-state index in [1.54, 1.807) is 25.1 Å². The van der Waals surface area contributed by atoms with Crippen molar-refractivity contribution in [3.05, 3.63) is 29.8 Å². The Kier molecular flexibility index (Phi) is 5.65. The molecule has 0 aromatic heterocycles. The number of aryl methyl sites for hydroxylation is 1. The molecule has 0 N–H and O–H groups in total. The molecule has 0 fully saturated rings. The summed E-state index contributed by atoms with van der Waals surface area (Å²) in [6.07, 6.45) is 0.626. The van der Waals surface area contributed by atoms with Gasteiger partial charge in [-0.3, -0.25) is 9.59 Å². The molecule has 5 heteroatoms. The average molecular weight is 271 g/mol. The normalized spacial score (nSPS) is 11.7. The summed E-state index contributed by atoms with van der Waals surface area (Å²) in [7, 11) is 0. The van der Waals surface area contributed by atoms with Crippen molar-refractivity contribution in [1.29, 1.82) is 0 Å². The van der Waals surface area contributed by atoms with E-state index in [2.05, 4.69) is 0 Å². The number of ether oxygens (including phenoxy) is 2. The Bertz CT molecular complexity index is 429. The van der Waals surface area contributed by atoms with E-state index in [4.69, 9.17) is 21.1 Å². The Balaban J connectivity index is 2.61. The van der Waals surface area contributed by atoms with Gasteiger partial charge in [-0.05, 0) is 25.0 Å². The zero-order chi connectivity index (χ0) is 13.5. The second kappa shape index (κ2) is 7.01. The van der Waals surface area contributed by atoms with Crippen molar-refractivity contribution in [2.24, 2.45) is 0 Å². The molecule has 0 spiro atoms. The minimum Gasteiger partial charge on any atom is -0.446 e. The highest BCUT2D eigenvalue weighted by Gasteiger charge is 2.10. The Morgan fingerprint density at radius 2 is 2.00 bits per heavy atom. The highest BCUT2D eigenvalue weighted by molar-refractivity contribution is 6.19. The predicted octanol–water partition coefficient (Wildman–Crippen LogP) is 2.67. The Morgan fingerprint density at radius 1 is 1.33 bits per heavy atom. The summed E-state index contributed by atoms with van der Waals surface area (Å²) >= 11 is 5.54. The van der Waals surface area contributed by atoms with Gasteiger partial charge in [-0.1, -0.05) is 29.8 Å². The van der Waals surface area contributed by atoms with Crippen LogP contribution >= 0.6 is 11.6 Å². The summed E-state index contributed by atoms with van der Waals surface area (Å²) in [5, 5.41) is 0. The number of hydrogen-bond acceptors (Lipinski definition) is 4. The highest BCUT2D eigenvalue weighted by atomic mass is 35.5. The summed E-state index contributed by atoms with van der Waals surface area (Å²) < 4.78 is 9.85. The van der Waals surface area contributed by atoms with Crippen molar-refractivity contribution in [2.75, 3.05) is 0 Å². The first-order chi connectivity index (χ1) is 8.49. The van der Waals surface area contributed by atoms with E-state index in [0.29, 0.717) is 12.2 Å². The second-order valence-electron chi connectivity index (χ2n) is 3.73. The van der Waals surface area contributed by atoms with Crippen molar-refractivity contribution in [2.45, 2.75) is 32.3 Å². The fourth-order valence-corrected chi connectivity index (χ4v) is 1.54. The van der Waals surface area contributed by atoms with Gasteiger partial charge in [-0.15, -0.1) is 0 Å². The molecule has 0 aliphatic carbocycles. The number of carbonyl (C=O) groups is 2. The van der Waals surface area contributed by atoms with Gasteiger partial charge in [0.25, 0.3) is 0 Å². The van der Waals surface area contributed by atoms with Crippen LogP contribution in [-0.2, 0) is 20.7 Å². The number of para-hydroxylation sites is 1. The van der Waals surface area contributed by atoms with Gasteiger partial charge in [0.1, 0.15) is 5.75 Å². The van der Waals surface area contributed by atoms with Gasteiger partial charge in [0.2, 0.25) is 0 Å². The van der Waals surface area contributed by atoms with Crippen LogP contribution in [-0.4, -0.2) is 17.5 Å². The van der Waals surface area contributed by atoms with Crippen LogP contribution in [0.15, 0.2) is 24.3 Å². The first-order valence-electron chi connectivity index (χ1n) is 5.59. The molecule has 0 bridgehead atoms. The van der Waals surface area contributed by atoms with Crippen molar-refractivity contribution in [3.8, 4) is 5.75 Å². The number of benzene rings is 1. The molecule has 98 valence electrons. The molecule has 1 atom stereocenters. The maximum atomic E-state index is 11.3. The molecule has 0 aliphatic rings. The molecule has 0 amide bonds. The molecule has 0 aliphatic heterocycles. The molecule has 1 unspecified atom stereocenters. The van der Waals surface area contributed by atoms with Crippen molar-refractivity contribution < 1.29 is 19.1 Å². The molecule has 18 heavy (non-hydrogen) atoms. The van der Waals surface area contributed by atoms with Crippen LogP contribution in [0.2, 0.25) is 0 Å². The smallest absolute Gasteiger partial charge is 0.308 e. The number of esters is 2. The number of halogens is 1. The number of alkyl halides is 1. The number of rotatable bonds is 5. The Labute approximate surface area is 111 Å². The van der Waals surface area contributed by atoms with Gasteiger partial charge < -0.3 is 9.47 Å². The van der Waals surface area contributed by atoms with Crippen molar-refractivity contribution in [1.82, 2.24) is 0 Å². The van der Waals surface area contributed by atoms with Crippen LogP contribution in [0.5, 0.6) is 5.75 Å². The molecular weight excluding hydrogens is 256 g/mol. The third kappa shape index (κ3) is 5.19. The van der Waals surface area contributed by atoms with E-state index in [1.807, 2.05) is 6.07 Å². The molecule has 1 aromatic rings. The van der Waals surface area contributed by atoms with E-state index >= 15 is 0 Å². The van der Waals surface area contributed by atoms with E-state index < -0.39 is 5.56 Å². The van der Waals surface area contributed by atoms with Crippen LogP contribution in [0.25, 0.3) is 0 Å². The Morgan fingerprint density at radius 3 is 2.61 bits per heavy atom. The molecule has 0 saturated carbocycles. The molecule has 0 saturated heterocycles. The minimum absolute atomic E-state index is 0.190. The van der Waals surface area contributed by atoms with E-state index in [-0.39, 0.29) is 18.4 Å². The van der Waals surface area contributed by atoms with Gasteiger partial charge in [-0.25, -0.2) is 0 Å². The standard InChI is InChI=1S/C13H15ClO4/c1-9(14)17-13(16)8-7-11-5-3-4-6-12(11)18-10(2)15/h3-6,9H,7-8H2,1-2H3. The Hall–Kier alpha value is -1.55. The average Bonchev–Trinajstić information content (AvgIpc) is 2.26. The highest BCUT2D eigenvalue weighted by Crippen LogP contribution is 2.20. The maximum absolute atomic E-state index is 11.3. The quantitative estimate of drug-likeness (QED) is 0.469. The van der Waals surface area contributed by atoms with Crippen LogP contribution in [0, 0.1) is 0 Å². The lowest BCUT2D eigenvalue weighted by Crippen LogP contribution is -2.11. The van der Waals surface area contributed by atoms with Crippen molar-refractivity contribution in [3.63, 3.8) is 0 Å². The van der Waals surface area contributed by atoms with E-state index in [1.165, 1.54) is 6.92 Å². The zero-order valence-electron chi connectivity index (χ0n) is 10.3. The van der Waals surface area contributed by atoms with Crippen LogP contribution in [0.1, 0.15) is 25.8 Å². The largest absolute Gasteiger partial charge is 0.446 e. The van der Waals surface area contributed by atoms with Gasteiger partial charge >= 0.3 is 11.9 Å². The first kappa shape index (κ1) is 14.5. The second-order valence-corrected chi connectivity index (χ2v) is 4.35. The van der Waals surface area contributed by atoms with Crippen molar-refractivity contribution >= 4 is 23.5 Å². The zero-order valence-corrected chi connectivity index (χ0v) is 11.1. The SMILES string of the molecule is CC(=O)Oc1ccccc1CCC(=O)OC(C)Cl. The number of carbonyl (C=O) groups excluding carboxylic acids is 2. The third-order valence-corrected chi connectivity index (χ3v) is 2.21. The summed E-state index contributed by atoms with van der Waals surface area (Å²) in [5.41, 5.74) is 0.146. The molecular formula is C13H15ClO4. The fraction of sp³-hybridized carbons (Fsp3) is 0.385. The minimum atomic E-state index is -0.638. The van der Waals surface area contributed by atoms with Gasteiger partial charge in [-0.2, -0.15) is 0 Å². The lowest BCUT2D eigenvalue weighted by atomic mass is 10.1. The predicted molar refractivity (Wildman–Crippen MR) is 67.5 cm³/mol. The summed E-state index contributed by atoms with van der Waals surface area (Å²) in [6, 6.07) is 7.07. The maximum Gasteiger partial charge on any atom is 0.308 e. The van der Waals surface area contributed by atoms with E-state index in [0.717, 1.165) is 5.56 Å². The molecule has 0 heterocycles.